The molecular weight excluding hydrogens is 222 g/mol. The fourth-order valence-electron chi connectivity index (χ4n) is 2.84. The topological polar surface area (TPSA) is 36.1 Å². The molecule has 2 aromatic carbocycles. The first-order chi connectivity index (χ1) is 8.90. The average molecular weight is 241 g/mol. The van der Waals surface area contributed by atoms with Crippen molar-refractivity contribution in [2.45, 2.75) is 6.04 Å². The van der Waals surface area contributed by atoms with Crippen molar-refractivity contribution in [2.24, 2.45) is 5.92 Å². The Morgan fingerprint density at radius 2 is 2.00 bits per heavy atom. The van der Waals surface area contributed by atoms with Crippen LogP contribution >= 0.6 is 0 Å². The first-order valence-electron chi connectivity index (χ1n) is 6.51. The van der Waals surface area contributed by atoms with E-state index in [4.69, 9.17) is 0 Å². The van der Waals surface area contributed by atoms with Crippen molar-refractivity contribution in [2.75, 3.05) is 20.1 Å². The Balaban J connectivity index is 2.03. The van der Waals surface area contributed by atoms with E-state index in [2.05, 4.69) is 58.6 Å². The maximum absolute atomic E-state index is 3.41. The zero-order chi connectivity index (χ0) is 12.4. The minimum absolute atomic E-state index is 0.378. The second-order valence-electron chi connectivity index (χ2n) is 4.89. The highest BCUT2D eigenvalue weighted by Gasteiger charge is 2.28. The number of fused-ring (bicyclic) bond motifs is 1. The molecule has 1 aliphatic heterocycles. The van der Waals surface area contributed by atoms with Gasteiger partial charge in [-0.05, 0) is 23.4 Å². The number of hydrogen-bond acceptors (Lipinski definition) is 3. The molecule has 3 rings (SSSR count). The highest BCUT2D eigenvalue weighted by molar-refractivity contribution is 5.86. The molecule has 2 aromatic rings. The summed E-state index contributed by atoms with van der Waals surface area (Å²) in [6, 6.07) is 15.5. The lowest BCUT2D eigenvalue weighted by Crippen LogP contribution is -2.27. The van der Waals surface area contributed by atoms with Crippen LogP contribution in [0.5, 0.6) is 0 Å². The summed E-state index contributed by atoms with van der Waals surface area (Å²) in [7, 11) is 2.01. The lowest BCUT2D eigenvalue weighted by Gasteiger charge is -2.20. The Bertz CT molecular complexity index is 533. The molecule has 1 aliphatic rings. The van der Waals surface area contributed by atoms with Crippen molar-refractivity contribution in [3.63, 3.8) is 0 Å². The van der Waals surface area contributed by atoms with Crippen molar-refractivity contribution in [1.82, 2.24) is 16.2 Å². The highest BCUT2D eigenvalue weighted by atomic mass is 15.4. The van der Waals surface area contributed by atoms with Crippen molar-refractivity contribution in [1.29, 1.82) is 0 Å². The monoisotopic (exact) mass is 241 g/mol. The van der Waals surface area contributed by atoms with Crippen LogP contribution in [0.15, 0.2) is 42.5 Å². The van der Waals surface area contributed by atoms with E-state index in [9.17, 15) is 0 Å². The Hall–Kier alpha value is -1.42. The standard InChI is InChI=1S/C15H19N3/c1-16-9-12-10-17-18-15(12)14-8-4-6-11-5-2-3-7-13(11)14/h2-8,12,15-18H,9-10H2,1H3. The molecule has 2 unspecified atom stereocenters. The molecule has 0 aliphatic carbocycles. The predicted octanol–water partition coefficient (Wildman–Crippen LogP) is 1.82. The number of hydrazine groups is 1. The third kappa shape index (κ3) is 2.01. The van der Waals surface area contributed by atoms with E-state index in [0.717, 1.165) is 13.1 Å². The molecule has 0 spiro atoms. The van der Waals surface area contributed by atoms with Crippen molar-refractivity contribution < 1.29 is 0 Å². The summed E-state index contributed by atoms with van der Waals surface area (Å²) < 4.78 is 0. The van der Waals surface area contributed by atoms with Crippen LogP contribution in [0.3, 0.4) is 0 Å². The minimum Gasteiger partial charge on any atom is -0.319 e. The summed E-state index contributed by atoms with van der Waals surface area (Å²) in [5.74, 6) is 0.584. The van der Waals surface area contributed by atoms with Gasteiger partial charge < -0.3 is 5.32 Å². The molecule has 1 heterocycles. The van der Waals surface area contributed by atoms with Gasteiger partial charge in [-0.1, -0.05) is 42.5 Å². The molecule has 3 nitrogen and oxygen atoms in total. The number of nitrogens with one attached hydrogen (secondary N) is 3. The average Bonchev–Trinajstić information content (AvgIpc) is 2.87. The van der Waals surface area contributed by atoms with E-state index in [1.807, 2.05) is 7.05 Å². The molecule has 0 amide bonds. The van der Waals surface area contributed by atoms with Crippen LogP contribution < -0.4 is 16.2 Å². The van der Waals surface area contributed by atoms with Gasteiger partial charge in [0.1, 0.15) is 0 Å². The summed E-state index contributed by atoms with van der Waals surface area (Å²) >= 11 is 0. The third-order valence-corrected chi connectivity index (χ3v) is 3.72. The molecule has 18 heavy (non-hydrogen) atoms. The first-order valence-corrected chi connectivity index (χ1v) is 6.51. The summed E-state index contributed by atoms with van der Waals surface area (Å²) in [5.41, 5.74) is 8.08. The molecule has 3 heteroatoms. The maximum Gasteiger partial charge on any atom is 0.0521 e. The summed E-state index contributed by atoms with van der Waals surface area (Å²) in [4.78, 5) is 0. The van der Waals surface area contributed by atoms with Crippen LogP contribution in [0.4, 0.5) is 0 Å². The molecule has 3 N–H and O–H groups in total. The van der Waals surface area contributed by atoms with Crippen molar-refractivity contribution >= 4 is 10.8 Å². The largest absolute Gasteiger partial charge is 0.319 e. The van der Waals surface area contributed by atoms with E-state index < -0.39 is 0 Å². The highest BCUT2D eigenvalue weighted by Crippen LogP contribution is 2.30. The lowest BCUT2D eigenvalue weighted by atomic mass is 9.91. The second kappa shape index (κ2) is 5.06. The van der Waals surface area contributed by atoms with Crippen LogP contribution in [-0.2, 0) is 0 Å². The molecule has 1 saturated heterocycles. The summed E-state index contributed by atoms with van der Waals surface area (Å²) in [5, 5.41) is 5.94. The minimum atomic E-state index is 0.378. The van der Waals surface area contributed by atoms with Gasteiger partial charge in [0.15, 0.2) is 0 Å². The lowest BCUT2D eigenvalue weighted by molar-refractivity contribution is 0.460. The molecule has 0 aromatic heterocycles. The zero-order valence-electron chi connectivity index (χ0n) is 10.6. The van der Waals surface area contributed by atoms with Crippen molar-refractivity contribution in [3.05, 3.63) is 48.0 Å². The molecule has 94 valence electrons. The molecule has 0 saturated carbocycles. The van der Waals surface area contributed by atoms with Gasteiger partial charge in [-0.3, -0.25) is 5.43 Å². The Kier molecular flexibility index (Phi) is 3.28. The maximum atomic E-state index is 3.41. The number of hydrogen-bond donors (Lipinski definition) is 3. The van der Waals surface area contributed by atoms with Crippen LogP contribution in [0.25, 0.3) is 10.8 Å². The smallest absolute Gasteiger partial charge is 0.0521 e. The van der Waals surface area contributed by atoms with Crippen LogP contribution in [-0.4, -0.2) is 20.1 Å². The van der Waals surface area contributed by atoms with E-state index in [1.165, 1.54) is 16.3 Å². The van der Waals surface area contributed by atoms with Gasteiger partial charge in [0, 0.05) is 19.0 Å². The first kappa shape index (κ1) is 11.7. The van der Waals surface area contributed by atoms with Crippen LogP contribution in [0.2, 0.25) is 0 Å². The second-order valence-corrected chi connectivity index (χ2v) is 4.89. The Morgan fingerprint density at radius 1 is 1.17 bits per heavy atom. The molecule has 0 bridgehead atoms. The zero-order valence-corrected chi connectivity index (χ0v) is 10.6. The Morgan fingerprint density at radius 3 is 2.89 bits per heavy atom. The van der Waals surface area contributed by atoms with Gasteiger partial charge >= 0.3 is 0 Å². The van der Waals surface area contributed by atoms with Gasteiger partial charge in [-0.15, -0.1) is 0 Å². The molecule has 0 radical (unpaired) electrons. The van der Waals surface area contributed by atoms with Crippen LogP contribution in [0.1, 0.15) is 11.6 Å². The fourth-order valence-corrected chi connectivity index (χ4v) is 2.84. The van der Waals surface area contributed by atoms with Crippen LogP contribution in [0, 0.1) is 5.92 Å². The van der Waals surface area contributed by atoms with E-state index in [-0.39, 0.29) is 0 Å². The van der Waals surface area contributed by atoms with E-state index >= 15 is 0 Å². The molecule has 2 atom stereocenters. The van der Waals surface area contributed by atoms with Crippen molar-refractivity contribution in [3.8, 4) is 0 Å². The summed E-state index contributed by atoms with van der Waals surface area (Å²) in [6.45, 7) is 2.03. The normalized spacial score (nSPS) is 23.6. The number of rotatable bonds is 3. The quantitative estimate of drug-likeness (QED) is 0.767. The van der Waals surface area contributed by atoms with Gasteiger partial charge in [-0.2, -0.15) is 0 Å². The van der Waals surface area contributed by atoms with Gasteiger partial charge in [0.05, 0.1) is 6.04 Å². The molecular formula is C15H19N3. The fraction of sp³-hybridized carbons (Fsp3) is 0.333. The Labute approximate surface area is 108 Å². The van der Waals surface area contributed by atoms with Gasteiger partial charge in [0.2, 0.25) is 0 Å². The number of benzene rings is 2. The third-order valence-electron chi connectivity index (χ3n) is 3.72. The van der Waals surface area contributed by atoms with E-state index in [1.54, 1.807) is 0 Å². The van der Waals surface area contributed by atoms with Gasteiger partial charge in [0.25, 0.3) is 0 Å². The predicted molar refractivity (Wildman–Crippen MR) is 75.2 cm³/mol. The van der Waals surface area contributed by atoms with Gasteiger partial charge in [-0.25, -0.2) is 5.43 Å². The SMILES string of the molecule is CNCC1CNNC1c1cccc2ccccc12. The molecule has 1 fully saturated rings. The summed E-state index contributed by atoms with van der Waals surface area (Å²) in [6.07, 6.45) is 0. The van der Waals surface area contributed by atoms with E-state index in [0.29, 0.717) is 12.0 Å².